The zero-order chi connectivity index (χ0) is 7.11. The number of hydrogen-bond donors (Lipinski definition) is 2. The smallest absolute Gasteiger partial charge is 0.0443 e. The lowest BCUT2D eigenvalue weighted by Gasteiger charge is -2.04. The summed E-state index contributed by atoms with van der Waals surface area (Å²) in [6.45, 7) is 6.64. The summed E-state index contributed by atoms with van der Waals surface area (Å²) < 4.78 is 0. The van der Waals surface area contributed by atoms with Crippen LogP contribution in [-0.4, -0.2) is 24.8 Å². The van der Waals surface area contributed by atoms with E-state index in [1.165, 1.54) is 0 Å². The van der Waals surface area contributed by atoms with Gasteiger partial charge < -0.3 is 10.4 Å². The van der Waals surface area contributed by atoms with E-state index in [9.17, 15) is 0 Å². The molecule has 0 unspecified atom stereocenters. The molecule has 0 heterocycles. The van der Waals surface area contributed by atoms with Gasteiger partial charge in [-0.05, 0) is 25.4 Å². The third-order valence-electron chi connectivity index (χ3n) is 1.06. The van der Waals surface area contributed by atoms with Gasteiger partial charge in [0.05, 0.1) is 0 Å². The van der Waals surface area contributed by atoms with Crippen LogP contribution in [0.25, 0.3) is 0 Å². The first-order valence-electron chi connectivity index (χ1n) is 3.59. The maximum absolute atomic E-state index is 8.39. The molecule has 0 radical (unpaired) electrons. The Morgan fingerprint density at radius 2 is 2.11 bits per heavy atom. The van der Waals surface area contributed by atoms with Crippen LogP contribution in [0.15, 0.2) is 0 Å². The molecule has 0 bridgehead atoms. The van der Waals surface area contributed by atoms with Gasteiger partial charge in [0, 0.05) is 6.61 Å². The standard InChI is InChI=1S/C7H17NO/c1-7(2)6-8-4-3-5-9/h7-9H,3-6H2,1-2H3. The van der Waals surface area contributed by atoms with E-state index in [-0.39, 0.29) is 0 Å². The quantitative estimate of drug-likeness (QED) is 0.536. The Morgan fingerprint density at radius 3 is 2.56 bits per heavy atom. The maximum atomic E-state index is 8.39. The summed E-state index contributed by atoms with van der Waals surface area (Å²) in [6.07, 6.45) is 0.868. The van der Waals surface area contributed by atoms with Crippen LogP contribution in [0.2, 0.25) is 0 Å². The lowest BCUT2D eigenvalue weighted by molar-refractivity contribution is 0.285. The van der Waals surface area contributed by atoms with E-state index in [0.717, 1.165) is 19.5 Å². The topological polar surface area (TPSA) is 32.3 Å². The molecule has 0 fully saturated rings. The van der Waals surface area contributed by atoms with Gasteiger partial charge in [0.15, 0.2) is 0 Å². The normalized spacial score (nSPS) is 10.7. The van der Waals surface area contributed by atoms with Gasteiger partial charge in [0.25, 0.3) is 0 Å². The molecule has 0 saturated heterocycles. The highest BCUT2D eigenvalue weighted by Gasteiger charge is 1.90. The summed E-state index contributed by atoms with van der Waals surface area (Å²) in [5.41, 5.74) is 0. The molecule has 0 amide bonds. The summed E-state index contributed by atoms with van der Waals surface area (Å²) in [4.78, 5) is 0. The number of aliphatic hydroxyl groups excluding tert-OH is 1. The minimum Gasteiger partial charge on any atom is -0.396 e. The van der Waals surface area contributed by atoms with Crippen molar-refractivity contribution in [1.82, 2.24) is 5.32 Å². The van der Waals surface area contributed by atoms with Crippen LogP contribution in [0.4, 0.5) is 0 Å². The highest BCUT2D eigenvalue weighted by molar-refractivity contribution is 4.49. The second kappa shape index (κ2) is 6.05. The van der Waals surface area contributed by atoms with Crippen molar-refractivity contribution in [3.63, 3.8) is 0 Å². The van der Waals surface area contributed by atoms with E-state index in [2.05, 4.69) is 19.2 Å². The molecule has 0 aromatic heterocycles. The van der Waals surface area contributed by atoms with Gasteiger partial charge in [-0.25, -0.2) is 0 Å². The monoisotopic (exact) mass is 131 g/mol. The van der Waals surface area contributed by atoms with Crippen molar-refractivity contribution in [2.75, 3.05) is 19.7 Å². The fraction of sp³-hybridized carbons (Fsp3) is 1.00. The minimum absolute atomic E-state index is 0.297. The van der Waals surface area contributed by atoms with Gasteiger partial charge in [0.2, 0.25) is 0 Å². The molecular formula is C7H17NO. The van der Waals surface area contributed by atoms with Gasteiger partial charge >= 0.3 is 0 Å². The average molecular weight is 131 g/mol. The van der Waals surface area contributed by atoms with Gasteiger partial charge in [-0.2, -0.15) is 0 Å². The van der Waals surface area contributed by atoms with E-state index in [1.54, 1.807) is 0 Å². The van der Waals surface area contributed by atoms with E-state index in [0.29, 0.717) is 12.5 Å². The van der Waals surface area contributed by atoms with Crippen LogP contribution in [0.3, 0.4) is 0 Å². The summed E-state index contributed by atoms with van der Waals surface area (Å²) in [7, 11) is 0. The van der Waals surface area contributed by atoms with Gasteiger partial charge in [-0.1, -0.05) is 13.8 Å². The summed E-state index contributed by atoms with van der Waals surface area (Å²) in [5, 5.41) is 11.6. The molecule has 0 aliphatic rings. The van der Waals surface area contributed by atoms with Crippen molar-refractivity contribution in [3.05, 3.63) is 0 Å². The van der Waals surface area contributed by atoms with Crippen molar-refractivity contribution >= 4 is 0 Å². The molecule has 0 aliphatic carbocycles. The van der Waals surface area contributed by atoms with E-state index >= 15 is 0 Å². The Labute approximate surface area is 57.3 Å². The SMILES string of the molecule is CC(C)CNCCCO. The largest absolute Gasteiger partial charge is 0.396 e. The first-order chi connectivity index (χ1) is 4.27. The summed E-state index contributed by atoms with van der Waals surface area (Å²) >= 11 is 0. The Bertz CT molecular complexity index is 54.9. The number of hydrogen-bond acceptors (Lipinski definition) is 2. The van der Waals surface area contributed by atoms with Crippen LogP contribution in [0.1, 0.15) is 20.3 Å². The third-order valence-corrected chi connectivity index (χ3v) is 1.06. The molecule has 9 heavy (non-hydrogen) atoms. The van der Waals surface area contributed by atoms with Crippen LogP contribution < -0.4 is 5.32 Å². The molecule has 0 spiro atoms. The minimum atomic E-state index is 0.297. The first-order valence-corrected chi connectivity index (χ1v) is 3.59. The molecule has 2 N–H and O–H groups in total. The molecule has 0 aliphatic heterocycles. The molecular weight excluding hydrogens is 114 g/mol. The van der Waals surface area contributed by atoms with Crippen molar-refractivity contribution < 1.29 is 5.11 Å². The Hall–Kier alpha value is -0.0800. The van der Waals surface area contributed by atoms with Crippen LogP contribution >= 0.6 is 0 Å². The number of aliphatic hydroxyl groups is 1. The Kier molecular flexibility index (Phi) is 5.99. The van der Waals surface area contributed by atoms with Crippen molar-refractivity contribution in [3.8, 4) is 0 Å². The molecule has 0 aromatic rings. The molecule has 0 rings (SSSR count). The second-order valence-electron chi connectivity index (χ2n) is 2.68. The lowest BCUT2D eigenvalue weighted by atomic mass is 10.2. The average Bonchev–Trinajstić information content (AvgIpc) is 1.80. The highest BCUT2D eigenvalue weighted by atomic mass is 16.3. The van der Waals surface area contributed by atoms with Gasteiger partial charge in [-0.3, -0.25) is 0 Å². The molecule has 0 atom stereocenters. The Morgan fingerprint density at radius 1 is 1.44 bits per heavy atom. The predicted molar refractivity (Wildman–Crippen MR) is 39.4 cm³/mol. The Balaban J connectivity index is 2.75. The highest BCUT2D eigenvalue weighted by Crippen LogP contribution is 1.86. The van der Waals surface area contributed by atoms with E-state index in [4.69, 9.17) is 5.11 Å². The van der Waals surface area contributed by atoms with Crippen molar-refractivity contribution in [1.29, 1.82) is 0 Å². The van der Waals surface area contributed by atoms with Crippen LogP contribution in [-0.2, 0) is 0 Å². The van der Waals surface area contributed by atoms with Crippen molar-refractivity contribution in [2.45, 2.75) is 20.3 Å². The zero-order valence-electron chi connectivity index (χ0n) is 6.35. The van der Waals surface area contributed by atoms with Gasteiger partial charge in [0.1, 0.15) is 0 Å². The molecule has 2 heteroatoms. The third kappa shape index (κ3) is 7.92. The second-order valence-corrected chi connectivity index (χ2v) is 2.68. The molecule has 0 aromatic carbocycles. The summed E-state index contributed by atoms with van der Waals surface area (Å²) in [5.74, 6) is 0.712. The van der Waals surface area contributed by atoms with E-state index < -0.39 is 0 Å². The molecule has 0 saturated carbocycles. The number of rotatable bonds is 5. The fourth-order valence-corrected chi connectivity index (χ4v) is 0.595. The van der Waals surface area contributed by atoms with Crippen LogP contribution in [0, 0.1) is 5.92 Å². The predicted octanol–water partition coefficient (Wildman–Crippen LogP) is 0.614. The zero-order valence-corrected chi connectivity index (χ0v) is 6.35. The fourth-order valence-electron chi connectivity index (χ4n) is 0.595. The van der Waals surface area contributed by atoms with E-state index in [1.807, 2.05) is 0 Å². The summed E-state index contributed by atoms with van der Waals surface area (Å²) in [6, 6.07) is 0. The van der Waals surface area contributed by atoms with Gasteiger partial charge in [-0.15, -0.1) is 0 Å². The van der Waals surface area contributed by atoms with Crippen molar-refractivity contribution in [2.24, 2.45) is 5.92 Å². The first kappa shape index (κ1) is 8.92. The molecule has 56 valence electrons. The molecule has 2 nitrogen and oxygen atoms in total. The lowest BCUT2D eigenvalue weighted by Crippen LogP contribution is -2.21. The number of nitrogens with one attached hydrogen (secondary N) is 1. The maximum Gasteiger partial charge on any atom is 0.0443 e. The van der Waals surface area contributed by atoms with Crippen LogP contribution in [0.5, 0.6) is 0 Å².